The molecule has 2 nitrogen and oxygen atoms in total. The lowest BCUT2D eigenvalue weighted by Crippen LogP contribution is -2.47. The van der Waals surface area contributed by atoms with E-state index in [1.54, 1.807) is 6.92 Å². The summed E-state index contributed by atoms with van der Waals surface area (Å²) in [6.45, 7) is 8.39. The maximum absolute atomic E-state index is 12.2. The van der Waals surface area contributed by atoms with Crippen LogP contribution in [0.3, 0.4) is 0 Å². The Morgan fingerprint density at radius 1 is 1.22 bits per heavy atom. The fraction of sp³-hybridized carbons (Fsp3) is 0.714. The first-order chi connectivity index (χ1) is 10.9. The Morgan fingerprint density at radius 2 is 2.00 bits per heavy atom. The molecule has 23 heavy (non-hydrogen) atoms. The highest BCUT2D eigenvalue weighted by Crippen LogP contribution is 2.64. The van der Waals surface area contributed by atoms with E-state index in [-0.39, 0.29) is 11.3 Å². The van der Waals surface area contributed by atoms with Crippen LogP contribution >= 0.6 is 0 Å². The molecule has 0 heterocycles. The van der Waals surface area contributed by atoms with E-state index < -0.39 is 0 Å². The molecule has 124 valence electrons. The van der Waals surface area contributed by atoms with Gasteiger partial charge in [-0.3, -0.25) is 9.59 Å². The zero-order valence-corrected chi connectivity index (χ0v) is 14.4. The third-order valence-corrected chi connectivity index (χ3v) is 7.69. The Balaban J connectivity index is 1.65. The van der Waals surface area contributed by atoms with Crippen molar-refractivity contribution in [1.29, 1.82) is 0 Å². The average Bonchev–Trinajstić information content (AvgIpc) is 2.77. The second kappa shape index (κ2) is 5.16. The van der Waals surface area contributed by atoms with E-state index >= 15 is 0 Å². The van der Waals surface area contributed by atoms with Gasteiger partial charge < -0.3 is 0 Å². The van der Waals surface area contributed by atoms with Crippen LogP contribution in [0, 0.1) is 35.0 Å². The molecule has 0 aliphatic heterocycles. The number of hydrogen-bond acceptors (Lipinski definition) is 2. The van der Waals surface area contributed by atoms with Crippen LogP contribution in [0.5, 0.6) is 0 Å². The summed E-state index contributed by atoms with van der Waals surface area (Å²) in [5.74, 6) is 3.46. The van der Waals surface area contributed by atoms with E-state index in [4.69, 9.17) is 0 Å². The smallest absolute Gasteiger partial charge is 0.155 e. The fourth-order valence-electron chi connectivity index (χ4n) is 6.89. The van der Waals surface area contributed by atoms with E-state index in [9.17, 15) is 9.59 Å². The van der Waals surface area contributed by atoms with Gasteiger partial charge in [0, 0.05) is 12.3 Å². The van der Waals surface area contributed by atoms with Crippen LogP contribution in [0.4, 0.5) is 0 Å². The second-order valence-corrected chi connectivity index (χ2v) is 8.75. The molecule has 0 spiro atoms. The standard InChI is InChI=1S/C21H28O2/c1-12-10-19-18-6-4-14-11-15(23)5-7-16(14)17(18)8-9-21(19,3)20(12)13(2)22/h11,16-20H,1,4-10H2,2-3H3/t16-,17?,18+,19?,20+,21-/m0/s1. The predicted molar refractivity (Wildman–Crippen MR) is 90.8 cm³/mol. The van der Waals surface area contributed by atoms with E-state index in [0.717, 1.165) is 43.9 Å². The Kier molecular flexibility index (Phi) is 3.44. The van der Waals surface area contributed by atoms with Crippen molar-refractivity contribution in [3.63, 3.8) is 0 Å². The lowest BCUT2D eigenvalue weighted by Gasteiger charge is -2.53. The Hall–Kier alpha value is -1.18. The SMILES string of the molecule is C=C1CC2[C@@H]3CCC4=CC(=O)CC[C@@H]4C3CC[C@]2(C)[C@H]1C(C)=O. The van der Waals surface area contributed by atoms with Gasteiger partial charge in [0.05, 0.1) is 0 Å². The van der Waals surface area contributed by atoms with Crippen LogP contribution in [0.2, 0.25) is 0 Å². The molecular formula is C21H28O2. The molecular weight excluding hydrogens is 284 g/mol. The van der Waals surface area contributed by atoms with Gasteiger partial charge in [0.25, 0.3) is 0 Å². The Labute approximate surface area is 139 Å². The molecule has 0 N–H and O–H groups in total. The molecule has 0 amide bonds. The summed E-state index contributed by atoms with van der Waals surface area (Å²) in [4.78, 5) is 24.0. The molecule has 0 radical (unpaired) electrons. The summed E-state index contributed by atoms with van der Waals surface area (Å²) in [6, 6.07) is 0. The maximum atomic E-state index is 12.2. The number of fused-ring (bicyclic) bond motifs is 5. The van der Waals surface area contributed by atoms with Crippen LogP contribution in [-0.4, -0.2) is 11.6 Å². The van der Waals surface area contributed by atoms with Crippen molar-refractivity contribution in [2.75, 3.05) is 0 Å². The van der Waals surface area contributed by atoms with Crippen LogP contribution < -0.4 is 0 Å². The number of carbonyl (C=O) groups is 2. The van der Waals surface area contributed by atoms with Gasteiger partial charge in [-0.2, -0.15) is 0 Å². The number of ketones is 2. The molecule has 3 fully saturated rings. The molecule has 4 aliphatic carbocycles. The van der Waals surface area contributed by atoms with Crippen molar-refractivity contribution in [2.45, 2.75) is 58.8 Å². The third-order valence-electron chi connectivity index (χ3n) is 7.69. The van der Waals surface area contributed by atoms with Crippen molar-refractivity contribution in [2.24, 2.45) is 35.0 Å². The largest absolute Gasteiger partial charge is 0.299 e. The highest BCUT2D eigenvalue weighted by atomic mass is 16.1. The van der Waals surface area contributed by atoms with Gasteiger partial charge in [-0.05, 0) is 80.6 Å². The van der Waals surface area contributed by atoms with E-state index in [0.29, 0.717) is 23.4 Å². The van der Waals surface area contributed by atoms with E-state index in [2.05, 4.69) is 13.5 Å². The molecule has 6 atom stereocenters. The van der Waals surface area contributed by atoms with Crippen LogP contribution in [0.25, 0.3) is 0 Å². The van der Waals surface area contributed by atoms with Crippen molar-refractivity contribution >= 4 is 11.6 Å². The first kappa shape index (κ1) is 15.4. The Bertz CT molecular complexity index is 613. The normalized spacial score (nSPS) is 45.8. The van der Waals surface area contributed by atoms with Crippen molar-refractivity contribution < 1.29 is 9.59 Å². The number of allylic oxidation sites excluding steroid dienone is 2. The molecule has 0 aromatic carbocycles. The van der Waals surface area contributed by atoms with Gasteiger partial charge >= 0.3 is 0 Å². The van der Waals surface area contributed by atoms with Gasteiger partial charge in [0.1, 0.15) is 5.78 Å². The van der Waals surface area contributed by atoms with Gasteiger partial charge in [-0.25, -0.2) is 0 Å². The fourth-order valence-corrected chi connectivity index (χ4v) is 6.89. The number of carbonyl (C=O) groups excluding carboxylic acids is 2. The minimum absolute atomic E-state index is 0.0818. The lowest BCUT2D eigenvalue weighted by molar-refractivity contribution is -0.126. The monoisotopic (exact) mass is 312 g/mol. The molecule has 3 saturated carbocycles. The summed E-state index contributed by atoms with van der Waals surface area (Å²) < 4.78 is 0. The zero-order valence-electron chi connectivity index (χ0n) is 14.4. The van der Waals surface area contributed by atoms with Crippen molar-refractivity contribution in [3.8, 4) is 0 Å². The second-order valence-electron chi connectivity index (χ2n) is 8.75. The first-order valence-electron chi connectivity index (χ1n) is 9.33. The van der Waals surface area contributed by atoms with E-state index in [1.165, 1.54) is 24.0 Å². The minimum Gasteiger partial charge on any atom is -0.299 e. The van der Waals surface area contributed by atoms with Crippen LogP contribution in [0.15, 0.2) is 23.8 Å². The van der Waals surface area contributed by atoms with Gasteiger partial charge in [0.2, 0.25) is 0 Å². The van der Waals surface area contributed by atoms with Crippen LogP contribution in [-0.2, 0) is 9.59 Å². The van der Waals surface area contributed by atoms with Gasteiger partial charge in [0.15, 0.2) is 5.78 Å². The summed E-state index contributed by atoms with van der Waals surface area (Å²) in [7, 11) is 0. The molecule has 0 bridgehead atoms. The molecule has 4 aliphatic rings. The number of rotatable bonds is 1. The number of hydrogen-bond donors (Lipinski definition) is 0. The summed E-state index contributed by atoms with van der Waals surface area (Å²) in [5, 5.41) is 0. The highest BCUT2D eigenvalue weighted by molar-refractivity contribution is 5.91. The van der Waals surface area contributed by atoms with Crippen molar-refractivity contribution in [1.82, 2.24) is 0 Å². The number of Topliss-reactive ketones (excluding diaryl/α,β-unsaturated/α-hetero) is 1. The Morgan fingerprint density at radius 3 is 2.74 bits per heavy atom. The molecule has 2 unspecified atom stereocenters. The lowest BCUT2D eigenvalue weighted by atomic mass is 9.51. The molecule has 0 aromatic rings. The maximum Gasteiger partial charge on any atom is 0.155 e. The van der Waals surface area contributed by atoms with Crippen LogP contribution in [0.1, 0.15) is 58.8 Å². The highest BCUT2D eigenvalue weighted by Gasteiger charge is 2.58. The molecule has 4 rings (SSSR count). The molecule has 2 heteroatoms. The first-order valence-corrected chi connectivity index (χ1v) is 9.33. The van der Waals surface area contributed by atoms with Gasteiger partial charge in [-0.1, -0.05) is 24.6 Å². The minimum atomic E-state index is 0.0818. The summed E-state index contributed by atoms with van der Waals surface area (Å²) in [5.41, 5.74) is 2.76. The summed E-state index contributed by atoms with van der Waals surface area (Å²) >= 11 is 0. The zero-order chi connectivity index (χ0) is 16.4. The quantitative estimate of drug-likeness (QED) is 0.668. The molecule has 0 saturated heterocycles. The van der Waals surface area contributed by atoms with Crippen molar-refractivity contribution in [3.05, 3.63) is 23.8 Å². The van der Waals surface area contributed by atoms with E-state index in [1.807, 2.05) is 6.08 Å². The average molecular weight is 312 g/mol. The molecule has 0 aromatic heterocycles. The predicted octanol–water partition coefficient (Wildman–Crippen LogP) is 4.50. The topological polar surface area (TPSA) is 34.1 Å². The summed E-state index contributed by atoms with van der Waals surface area (Å²) in [6.07, 6.45) is 9.50. The third kappa shape index (κ3) is 2.13. The van der Waals surface area contributed by atoms with Gasteiger partial charge in [-0.15, -0.1) is 0 Å².